The number of benzene rings is 1. The van der Waals surface area contributed by atoms with Crippen molar-refractivity contribution in [3.63, 3.8) is 0 Å². The summed E-state index contributed by atoms with van der Waals surface area (Å²) in [6.07, 6.45) is 8.40. The third-order valence-electron chi connectivity index (χ3n) is 6.59. The average molecular weight is 433 g/mol. The first-order chi connectivity index (χ1) is 15.5. The Balaban J connectivity index is 1.48. The van der Waals surface area contributed by atoms with Crippen LogP contribution in [0.5, 0.6) is 0 Å². The minimum Gasteiger partial charge on any atom is -0.343 e. The number of imidazole rings is 2. The second kappa shape index (κ2) is 8.26. The van der Waals surface area contributed by atoms with E-state index in [0.717, 1.165) is 29.9 Å². The van der Waals surface area contributed by atoms with Crippen molar-refractivity contribution in [3.05, 3.63) is 60.4 Å². The Morgan fingerprint density at radius 2 is 1.91 bits per heavy atom. The topological polar surface area (TPSA) is 76.3 Å². The minimum atomic E-state index is -0.0910. The Morgan fingerprint density at radius 3 is 2.62 bits per heavy atom. The number of rotatable bonds is 5. The van der Waals surface area contributed by atoms with Gasteiger partial charge < -0.3 is 18.9 Å². The van der Waals surface area contributed by atoms with Crippen LogP contribution in [0.4, 0.5) is 0 Å². The maximum atomic E-state index is 13.3. The lowest BCUT2D eigenvalue weighted by Crippen LogP contribution is -2.42. The van der Waals surface area contributed by atoms with Gasteiger partial charge in [-0.05, 0) is 12.8 Å². The van der Waals surface area contributed by atoms with E-state index in [9.17, 15) is 9.59 Å². The Bertz CT molecular complexity index is 1120. The second-order valence-corrected chi connectivity index (χ2v) is 8.85. The highest BCUT2D eigenvalue weighted by Gasteiger charge is 2.42. The number of nitrogens with zero attached hydrogens (tertiary/aromatic N) is 6. The highest BCUT2D eigenvalue weighted by atomic mass is 16.2. The fourth-order valence-electron chi connectivity index (χ4n) is 5.04. The molecule has 0 spiro atoms. The Labute approximate surface area is 187 Å². The summed E-state index contributed by atoms with van der Waals surface area (Å²) in [6.45, 7) is 1.29. The van der Waals surface area contributed by atoms with Crippen LogP contribution in [0.25, 0.3) is 11.4 Å². The molecule has 0 saturated carbocycles. The molecule has 32 heavy (non-hydrogen) atoms. The number of carbonyl (C=O) groups is 2. The number of carbonyl (C=O) groups excluding carboxylic acids is 2. The molecule has 5 rings (SSSR count). The molecule has 8 nitrogen and oxygen atoms in total. The zero-order valence-corrected chi connectivity index (χ0v) is 18.5. The number of hydrogen-bond donors (Lipinski definition) is 0. The zero-order valence-electron chi connectivity index (χ0n) is 18.5. The van der Waals surface area contributed by atoms with Crippen LogP contribution in [0.1, 0.15) is 35.4 Å². The van der Waals surface area contributed by atoms with Gasteiger partial charge in [-0.25, -0.2) is 9.97 Å². The summed E-state index contributed by atoms with van der Waals surface area (Å²) in [5.74, 6) is 0.891. The van der Waals surface area contributed by atoms with Gasteiger partial charge in [-0.1, -0.05) is 30.3 Å². The van der Waals surface area contributed by atoms with Gasteiger partial charge in [0.05, 0.1) is 18.1 Å². The summed E-state index contributed by atoms with van der Waals surface area (Å²) in [5, 5.41) is 0. The van der Waals surface area contributed by atoms with Gasteiger partial charge in [-0.3, -0.25) is 9.59 Å². The maximum absolute atomic E-state index is 13.3. The van der Waals surface area contributed by atoms with Crippen molar-refractivity contribution >= 4 is 11.8 Å². The predicted molar refractivity (Wildman–Crippen MR) is 120 cm³/mol. The number of aryl methyl sites for hydroxylation is 1. The number of hydrogen-bond acceptors (Lipinski definition) is 4. The van der Waals surface area contributed by atoms with Crippen LogP contribution >= 0.6 is 0 Å². The van der Waals surface area contributed by atoms with Crippen LogP contribution in [0.2, 0.25) is 0 Å². The van der Waals surface area contributed by atoms with Gasteiger partial charge in [-0.15, -0.1) is 0 Å². The first kappa shape index (κ1) is 20.5. The lowest BCUT2D eigenvalue weighted by Gasteiger charge is -2.28. The molecule has 2 bridgehead atoms. The molecule has 2 aliphatic heterocycles. The number of aromatic nitrogens is 4. The Morgan fingerprint density at radius 1 is 1.12 bits per heavy atom. The van der Waals surface area contributed by atoms with E-state index in [1.165, 1.54) is 0 Å². The van der Waals surface area contributed by atoms with Crippen LogP contribution in [-0.4, -0.2) is 66.9 Å². The van der Waals surface area contributed by atoms with Crippen LogP contribution in [0.15, 0.2) is 49.1 Å². The molecule has 0 unspecified atom stereocenters. The smallest absolute Gasteiger partial charge is 0.273 e. The summed E-state index contributed by atoms with van der Waals surface area (Å²) in [4.78, 5) is 38.8. The summed E-state index contributed by atoms with van der Waals surface area (Å²) >= 11 is 0. The first-order valence-electron chi connectivity index (χ1n) is 11.2. The Kier molecular flexibility index (Phi) is 5.28. The SMILES string of the molecule is CN(C)C(=O)c1nc(-c2ccccc2)n2c1C[C@@H]1CC[C@H](C2)N1C(=O)CCn1ccnc1. The van der Waals surface area contributed by atoms with Crippen molar-refractivity contribution in [2.45, 2.75) is 50.9 Å². The quantitative estimate of drug-likeness (QED) is 0.621. The molecule has 2 aliphatic rings. The average Bonchev–Trinajstić information content (AvgIpc) is 3.50. The number of fused-ring (bicyclic) bond motifs is 3. The van der Waals surface area contributed by atoms with E-state index in [1.54, 1.807) is 31.5 Å². The number of amides is 2. The molecule has 2 atom stereocenters. The van der Waals surface area contributed by atoms with Gasteiger partial charge in [0, 0.05) is 64.0 Å². The maximum Gasteiger partial charge on any atom is 0.273 e. The summed E-state index contributed by atoms with van der Waals surface area (Å²) < 4.78 is 4.12. The van der Waals surface area contributed by atoms with Gasteiger partial charge in [-0.2, -0.15) is 0 Å². The predicted octanol–water partition coefficient (Wildman–Crippen LogP) is 2.45. The van der Waals surface area contributed by atoms with E-state index < -0.39 is 0 Å². The molecule has 4 heterocycles. The summed E-state index contributed by atoms with van der Waals surface area (Å²) in [7, 11) is 3.51. The molecule has 2 amide bonds. The molecule has 1 fully saturated rings. The standard InChI is InChI=1S/C24H28N6O2/c1-27(2)24(32)22-20-14-18-8-9-19(30(18)21(31)10-12-28-13-11-25-16-28)15-29(20)23(26-22)17-6-4-3-5-7-17/h3-7,11,13,16,18-19H,8-10,12,14-15H2,1-2H3/t18-,19+/m0/s1. The van der Waals surface area contributed by atoms with E-state index in [2.05, 4.69) is 14.5 Å². The van der Waals surface area contributed by atoms with E-state index >= 15 is 0 Å². The molecule has 0 N–H and O–H groups in total. The molecule has 3 aromatic rings. The van der Waals surface area contributed by atoms with Crippen molar-refractivity contribution in [2.75, 3.05) is 14.1 Å². The van der Waals surface area contributed by atoms with Crippen LogP contribution in [0, 0.1) is 0 Å². The normalized spacial score (nSPS) is 19.5. The van der Waals surface area contributed by atoms with E-state index in [-0.39, 0.29) is 23.9 Å². The second-order valence-electron chi connectivity index (χ2n) is 8.85. The highest BCUT2D eigenvalue weighted by molar-refractivity contribution is 5.94. The minimum absolute atomic E-state index is 0.0910. The fraction of sp³-hybridized carbons (Fsp3) is 0.417. The fourth-order valence-corrected chi connectivity index (χ4v) is 5.04. The van der Waals surface area contributed by atoms with Crippen LogP contribution in [-0.2, 0) is 24.3 Å². The molecule has 8 heteroatoms. The molecule has 1 saturated heterocycles. The lowest BCUT2D eigenvalue weighted by atomic mass is 10.0. The van der Waals surface area contributed by atoms with Crippen molar-refractivity contribution in [3.8, 4) is 11.4 Å². The zero-order chi connectivity index (χ0) is 22.2. The van der Waals surface area contributed by atoms with Crippen molar-refractivity contribution < 1.29 is 9.59 Å². The molecule has 2 aromatic heterocycles. The van der Waals surface area contributed by atoms with Crippen LogP contribution < -0.4 is 0 Å². The van der Waals surface area contributed by atoms with Gasteiger partial charge in [0.15, 0.2) is 0 Å². The molecule has 166 valence electrons. The molecular weight excluding hydrogens is 404 g/mol. The monoisotopic (exact) mass is 432 g/mol. The van der Waals surface area contributed by atoms with Crippen molar-refractivity contribution in [2.24, 2.45) is 0 Å². The third-order valence-corrected chi connectivity index (χ3v) is 6.59. The molecule has 0 radical (unpaired) electrons. The summed E-state index contributed by atoms with van der Waals surface area (Å²) in [5.41, 5.74) is 2.44. The Hall–Kier alpha value is -3.42. The molecular formula is C24H28N6O2. The van der Waals surface area contributed by atoms with E-state index in [4.69, 9.17) is 4.98 Å². The molecule has 0 aliphatic carbocycles. The van der Waals surface area contributed by atoms with E-state index in [0.29, 0.717) is 31.6 Å². The van der Waals surface area contributed by atoms with Gasteiger partial charge >= 0.3 is 0 Å². The van der Waals surface area contributed by atoms with E-state index in [1.807, 2.05) is 41.1 Å². The largest absolute Gasteiger partial charge is 0.343 e. The lowest BCUT2D eigenvalue weighted by molar-refractivity contribution is -0.134. The van der Waals surface area contributed by atoms with Crippen LogP contribution in [0.3, 0.4) is 0 Å². The summed E-state index contributed by atoms with van der Waals surface area (Å²) in [6, 6.07) is 10.2. The highest BCUT2D eigenvalue weighted by Crippen LogP contribution is 2.36. The third kappa shape index (κ3) is 3.59. The van der Waals surface area contributed by atoms with Gasteiger partial charge in [0.25, 0.3) is 5.91 Å². The van der Waals surface area contributed by atoms with Gasteiger partial charge in [0.1, 0.15) is 11.5 Å². The first-order valence-corrected chi connectivity index (χ1v) is 11.2. The van der Waals surface area contributed by atoms with Crippen molar-refractivity contribution in [1.29, 1.82) is 0 Å². The van der Waals surface area contributed by atoms with Crippen molar-refractivity contribution in [1.82, 2.24) is 28.9 Å². The van der Waals surface area contributed by atoms with Gasteiger partial charge in [0.2, 0.25) is 5.91 Å². The molecule has 1 aromatic carbocycles.